The first-order valence-corrected chi connectivity index (χ1v) is 20.2. The Labute approximate surface area is 345 Å². The van der Waals surface area contributed by atoms with Crippen molar-refractivity contribution in [3.8, 4) is 62.0 Å². The number of fused-ring (bicyclic) bond motifs is 8. The van der Waals surface area contributed by atoms with E-state index in [1.807, 2.05) is 24.3 Å². The third kappa shape index (κ3) is 5.59. The lowest BCUT2D eigenvalue weighted by Gasteiger charge is -2.13. The molecule has 60 heavy (non-hydrogen) atoms. The van der Waals surface area contributed by atoms with Crippen LogP contribution in [0.2, 0.25) is 0 Å². The second-order valence-corrected chi connectivity index (χ2v) is 15.2. The first-order valence-electron chi connectivity index (χ1n) is 20.2. The smallest absolute Gasteiger partial charge is 0.161 e. The minimum Gasteiger partial charge on any atom is -0.454 e. The summed E-state index contributed by atoms with van der Waals surface area (Å²) in [6.45, 7) is 0. The lowest BCUT2D eigenvalue weighted by atomic mass is 9.98. The summed E-state index contributed by atoms with van der Waals surface area (Å²) in [6.07, 6.45) is 0. The predicted molar refractivity (Wildman–Crippen MR) is 246 cm³/mol. The highest BCUT2D eigenvalue weighted by Crippen LogP contribution is 2.39. The molecule has 12 aromatic rings. The van der Waals surface area contributed by atoms with Gasteiger partial charge >= 0.3 is 0 Å². The molecule has 0 fully saturated rings. The topological polar surface area (TPSA) is 56.7 Å². The number of rotatable bonds is 6. The van der Waals surface area contributed by atoms with Gasteiger partial charge in [-0.05, 0) is 77.9 Å². The van der Waals surface area contributed by atoms with E-state index in [1.165, 1.54) is 21.8 Å². The summed E-state index contributed by atoms with van der Waals surface area (Å²) in [5, 5.41) is 5.54. The van der Waals surface area contributed by atoms with E-state index >= 15 is 0 Å². The van der Waals surface area contributed by atoms with E-state index in [1.54, 1.807) is 0 Å². The van der Waals surface area contributed by atoms with Gasteiger partial charge in [-0.25, -0.2) is 15.0 Å². The third-order valence-electron chi connectivity index (χ3n) is 11.6. The zero-order valence-corrected chi connectivity index (χ0v) is 32.3. The van der Waals surface area contributed by atoms with Crippen molar-refractivity contribution in [3.63, 3.8) is 0 Å². The monoisotopic (exact) mass is 766 g/mol. The Bertz CT molecular complexity index is 3550. The summed E-state index contributed by atoms with van der Waals surface area (Å²) in [4.78, 5) is 15.9. The van der Waals surface area contributed by atoms with Crippen molar-refractivity contribution >= 4 is 54.6 Å². The van der Waals surface area contributed by atoms with Gasteiger partial charge in [0, 0.05) is 54.9 Å². The van der Waals surface area contributed by atoms with Crippen molar-refractivity contribution in [1.29, 1.82) is 0 Å². The van der Waals surface area contributed by atoms with E-state index in [-0.39, 0.29) is 0 Å². The van der Waals surface area contributed by atoms with Crippen LogP contribution in [0.1, 0.15) is 0 Å². The number of benzene rings is 8. The number of hydrogen-bond acceptors (Lipinski definition) is 4. The summed E-state index contributed by atoms with van der Waals surface area (Å²) in [7, 11) is 0. The molecule has 0 spiro atoms. The maximum atomic E-state index is 6.38. The molecular weight excluding hydrogens is 733 g/mol. The molecule has 0 aliphatic heterocycles. The largest absolute Gasteiger partial charge is 0.454 e. The fourth-order valence-corrected chi connectivity index (χ4v) is 8.75. The fraction of sp³-hybridized carbons (Fsp3) is 0. The number of para-hydroxylation sites is 3. The molecule has 0 atom stereocenters. The average molecular weight is 767 g/mol. The van der Waals surface area contributed by atoms with E-state index in [2.05, 4.69) is 187 Å². The third-order valence-corrected chi connectivity index (χ3v) is 11.6. The summed E-state index contributed by atoms with van der Waals surface area (Å²) >= 11 is 0. The maximum Gasteiger partial charge on any atom is 0.161 e. The second kappa shape index (κ2) is 13.8. The lowest BCUT2D eigenvalue weighted by Crippen LogP contribution is -1.98. The number of pyridine rings is 1. The number of nitrogens with zero attached hydrogens (tertiary/aromatic N) is 4. The van der Waals surface area contributed by atoms with Crippen LogP contribution in [0, 0.1) is 0 Å². The van der Waals surface area contributed by atoms with Gasteiger partial charge in [0.05, 0.1) is 28.1 Å². The van der Waals surface area contributed by atoms with Crippen LogP contribution in [0.4, 0.5) is 0 Å². The molecular formula is C55H34N4O. The average Bonchev–Trinajstić information content (AvgIpc) is 3.88. The summed E-state index contributed by atoms with van der Waals surface area (Å²) in [6, 6.07) is 72.0. The first kappa shape index (κ1) is 33.9. The van der Waals surface area contributed by atoms with Crippen molar-refractivity contribution < 1.29 is 4.42 Å². The van der Waals surface area contributed by atoms with Crippen LogP contribution in [0.5, 0.6) is 0 Å². The van der Waals surface area contributed by atoms with Gasteiger partial charge in [-0.1, -0.05) is 140 Å². The molecule has 0 saturated carbocycles. The molecule has 0 radical (unpaired) electrons. The minimum absolute atomic E-state index is 0.654. The van der Waals surface area contributed by atoms with Gasteiger partial charge in [-0.15, -0.1) is 0 Å². The second-order valence-electron chi connectivity index (χ2n) is 15.2. The van der Waals surface area contributed by atoms with E-state index in [4.69, 9.17) is 19.4 Å². The van der Waals surface area contributed by atoms with Crippen LogP contribution < -0.4 is 0 Å². The van der Waals surface area contributed by atoms with Gasteiger partial charge in [0.15, 0.2) is 11.4 Å². The van der Waals surface area contributed by atoms with Crippen molar-refractivity contribution in [2.75, 3.05) is 0 Å². The molecule has 0 saturated heterocycles. The van der Waals surface area contributed by atoms with Crippen LogP contribution in [0.3, 0.4) is 0 Å². The standard InChI is InChI=1S/C55H34N4O/c1-2-14-35(15-3-1)37-16-12-17-38(32-37)47-34-48(57-55(56-47)36-28-30-41(31-29-36)59-49-25-9-6-20-42(49)43-21-7-10-26-50(43)59)39-18-13-19-40(33-39)52-44-22-4-5-23-45(44)54-53(58-52)46-24-8-11-27-51(46)60-54/h1-34H. The Hall–Kier alpha value is -8.15. The molecule has 280 valence electrons. The van der Waals surface area contributed by atoms with E-state index in [0.29, 0.717) is 5.82 Å². The summed E-state index contributed by atoms with van der Waals surface area (Å²) in [5.41, 5.74) is 14.7. The van der Waals surface area contributed by atoms with Crippen LogP contribution in [-0.2, 0) is 0 Å². The van der Waals surface area contributed by atoms with Crippen LogP contribution in [-0.4, -0.2) is 19.5 Å². The molecule has 0 N–H and O–H groups in total. The van der Waals surface area contributed by atoms with Gasteiger partial charge in [-0.3, -0.25) is 0 Å². The zero-order valence-electron chi connectivity index (χ0n) is 32.3. The number of aromatic nitrogens is 4. The van der Waals surface area contributed by atoms with Gasteiger partial charge in [0.25, 0.3) is 0 Å². The van der Waals surface area contributed by atoms with Crippen molar-refractivity contribution in [3.05, 3.63) is 206 Å². The molecule has 12 rings (SSSR count). The van der Waals surface area contributed by atoms with E-state index in [9.17, 15) is 0 Å². The maximum absolute atomic E-state index is 6.38. The molecule has 5 heteroatoms. The Balaban J connectivity index is 1.02. The van der Waals surface area contributed by atoms with E-state index in [0.717, 1.165) is 89.0 Å². The van der Waals surface area contributed by atoms with Crippen LogP contribution in [0.25, 0.3) is 117 Å². The minimum atomic E-state index is 0.654. The zero-order chi connectivity index (χ0) is 39.6. The highest BCUT2D eigenvalue weighted by atomic mass is 16.3. The molecule has 0 amide bonds. The Morgan fingerprint density at radius 1 is 0.350 bits per heavy atom. The molecule has 5 nitrogen and oxygen atoms in total. The summed E-state index contributed by atoms with van der Waals surface area (Å²) < 4.78 is 8.71. The molecule has 0 aliphatic carbocycles. The first-order chi connectivity index (χ1) is 29.7. The molecule has 4 heterocycles. The highest BCUT2D eigenvalue weighted by Gasteiger charge is 2.18. The van der Waals surface area contributed by atoms with E-state index < -0.39 is 0 Å². The van der Waals surface area contributed by atoms with Gasteiger partial charge in [0.1, 0.15) is 11.1 Å². The molecule has 8 aromatic carbocycles. The van der Waals surface area contributed by atoms with Crippen LogP contribution in [0.15, 0.2) is 211 Å². The van der Waals surface area contributed by atoms with Crippen molar-refractivity contribution in [1.82, 2.24) is 19.5 Å². The Kier molecular flexibility index (Phi) is 7.78. The molecule has 0 unspecified atom stereocenters. The highest BCUT2D eigenvalue weighted by molar-refractivity contribution is 6.16. The quantitative estimate of drug-likeness (QED) is 0.169. The Morgan fingerprint density at radius 2 is 0.883 bits per heavy atom. The molecule has 0 bridgehead atoms. The molecule has 4 aromatic heterocycles. The van der Waals surface area contributed by atoms with Crippen LogP contribution >= 0.6 is 0 Å². The predicted octanol–water partition coefficient (Wildman–Crippen LogP) is 14.4. The van der Waals surface area contributed by atoms with Crippen molar-refractivity contribution in [2.45, 2.75) is 0 Å². The SMILES string of the molecule is c1ccc(-c2cccc(-c3cc(-c4cccc(-c5nc6c7ccccc7oc6c6ccccc56)c4)nc(-c4ccc(-n5c6ccccc6c6ccccc65)cc4)n3)c2)cc1. The van der Waals surface area contributed by atoms with Crippen molar-refractivity contribution in [2.24, 2.45) is 0 Å². The molecule has 0 aliphatic rings. The fourth-order valence-electron chi connectivity index (χ4n) is 8.75. The summed E-state index contributed by atoms with van der Waals surface area (Å²) in [5.74, 6) is 0.654. The van der Waals surface area contributed by atoms with Gasteiger partial charge < -0.3 is 8.98 Å². The van der Waals surface area contributed by atoms with Gasteiger partial charge in [-0.2, -0.15) is 0 Å². The van der Waals surface area contributed by atoms with Gasteiger partial charge in [0.2, 0.25) is 0 Å². The number of furan rings is 1. The number of hydrogen-bond donors (Lipinski definition) is 0. The lowest BCUT2D eigenvalue weighted by molar-refractivity contribution is 0.672. The normalized spacial score (nSPS) is 11.7. The Morgan fingerprint density at radius 3 is 1.58 bits per heavy atom.